The van der Waals surface area contributed by atoms with Crippen LogP contribution in [-0.2, 0) is 10.0 Å². The van der Waals surface area contributed by atoms with Gasteiger partial charge in [-0.05, 0) is 28.1 Å². The van der Waals surface area contributed by atoms with Crippen LogP contribution in [0.5, 0.6) is 0 Å². The molecule has 6 nitrogen and oxygen atoms in total. The number of carbonyl (C=O) groups is 1. The first-order valence-corrected chi connectivity index (χ1v) is 8.83. The summed E-state index contributed by atoms with van der Waals surface area (Å²) in [6, 6.07) is 7.70. The number of hydrogen-bond donors (Lipinski definition) is 1. The molecule has 0 aliphatic rings. The zero-order valence-electron chi connectivity index (χ0n) is 11.3. The van der Waals surface area contributed by atoms with Crippen LogP contribution in [-0.4, -0.2) is 28.5 Å². The summed E-state index contributed by atoms with van der Waals surface area (Å²) in [7, 11) is -4.02. The summed E-state index contributed by atoms with van der Waals surface area (Å²) in [6.45, 7) is 0. The van der Waals surface area contributed by atoms with E-state index in [4.69, 9.17) is 11.6 Å². The van der Waals surface area contributed by atoms with Gasteiger partial charge < -0.3 is 5.11 Å². The number of benzene rings is 1. The Kier molecular flexibility index (Phi) is 3.91. The fraction of sp³-hybridized carbons (Fsp3) is 0. The topological polar surface area (TPSA) is 89.3 Å². The first-order valence-electron chi connectivity index (χ1n) is 6.22. The van der Waals surface area contributed by atoms with Crippen molar-refractivity contribution in [1.82, 2.24) is 8.96 Å². The van der Waals surface area contributed by atoms with E-state index in [0.717, 1.165) is 16.4 Å². The van der Waals surface area contributed by atoms with Gasteiger partial charge >= 0.3 is 5.97 Å². The first-order chi connectivity index (χ1) is 10.8. The Morgan fingerprint density at radius 2 is 2.00 bits per heavy atom. The third-order valence-electron chi connectivity index (χ3n) is 3.24. The molecule has 0 spiro atoms. The lowest BCUT2D eigenvalue weighted by Gasteiger charge is -2.08. The highest BCUT2D eigenvalue weighted by Gasteiger charge is 2.24. The number of aromatic carboxylic acids is 1. The number of halogens is 2. The Hall–Kier alpha value is -1.90. The molecule has 2 aromatic heterocycles. The summed E-state index contributed by atoms with van der Waals surface area (Å²) in [4.78, 5) is 15.0. The van der Waals surface area contributed by atoms with Gasteiger partial charge in [-0.2, -0.15) is 0 Å². The minimum Gasteiger partial charge on any atom is -0.478 e. The van der Waals surface area contributed by atoms with Gasteiger partial charge in [0.2, 0.25) is 0 Å². The number of nitrogens with zero attached hydrogens (tertiary/aromatic N) is 2. The number of para-hydroxylation sites is 1. The second kappa shape index (κ2) is 5.63. The predicted molar refractivity (Wildman–Crippen MR) is 88.4 cm³/mol. The largest absolute Gasteiger partial charge is 0.478 e. The molecule has 0 bridgehead atoms. The van der Waals surface area contributed by atoms with Crippen LogP contribution in [0.4, 0.5) is 0 Å². The molecule has 0 saturated carbocycles. The Balaban J connectivity index is 2.31. The normalized spacial score (nSPS) is 11.7. The average Bonchev–Trinajstić information content (AvgIpc) is 2.90. The van der Waals surface area contributed by atoms with Gasteiger partial charge in [0.1, 0.15) is 10.0 Å². The van der Waals surface area contributed by atoms with Crippen molar-refractivity contribution < 1.29 is 18.3 Å². The Bertz CT molecular complexity index is 1050. The molecule has 9 heteroatoms. The minimum absolute atomic E-state index is 0.0924. The van der Waals surface area contributed by atoms with Gasteiger partial charge in [0.25, 0.3) is 10.0 Å². The smallest absolute Gasteiger partial charge is 0.337 e. The molecule has 0 atom stereocenters. The SMILES string of the molecule is O=C(O)c1cn(S(=O)(=O)c2cnc(Cl)c(Br)c2)c2ccccc12. The summed E-state index contributed by atoms with van der Waals surface area (Å²) in [5, 5.41) is 9.74. The molecule has 3 rings (SSSR count). The number of rotatable bonds is 3. The van der Waals surface area contributed by atoms with Gasteiger partial charge in [-0.3, -0.25) is 0 Å². The van der Waals surface area contributed by atoms with Crippen LogP contribution in [0.3, 0.4) is 0 Å². The average molecular weight is 416 g/mol. The number of hydrogen-bond acceptors (Lipinski definition) is 4. The van der Waals surface area contributed by atoms with E-state index in [-0.39, 0.29) is 21.1 Å². The van der Waals surface area contributed by atoms with E-state index in [1.54, 1.807) is 18.2 Å². The molecule has 0 radical (unpaired) electrons. The summed E-state index contributed by atoms with van der Waals surface area (Å²) >= 11 is 8.91. The van der Waals surface area contributed by atoms with Crippen LogP contribution >= 0.6 is 27.5 Å². The summed E-state index contributed by atoms with van der Waals surface area (Å²) in [6.07, 6.45) is 2.21. The van der Waals surface area contributed by atoms with Crippen molar-refractivity contribution in [2.45, 2.75) is 4.90 Å². The van der Waals surface area contributed by atoms with E-state index >= 15 is 0 Å². The quantitative estimate of drug-likeness (QED) is 0.662. The van der Waals surface area contributed by atoms with Crippen LogP contribution in [0.15, 0.2) is 52.1 Å². The second-order valence-corrected chi connectivity index (χ2v) is 7.64. The van der Waals surface area contributed by atoms with E-state index in [1.165, 1.54) is 12.1 Å². The van der Waals surface area contributed by atoms with E-state index in [9.17, 15) is 18.3 Å². The van der Waals surface area contributed by atoms with Gasteiger partial charge in [0.05, 0.1) is 15.6 Å². The molecule has 0 fully saturated rings. The fourth-order valence-corrected chi connectivity index (χ4v) is 4.12. The van der Waals surface area contributed by atoms with Crippen LogP contribution in [0.1, 0.15) is 10.4 Å². The molecule has 118 valence electrons. The molecule has 3 aromatic rings. The summed E-state index contributed by atoms with van der Waals surface area (Å²) in [5.74, 6) is -1.20. The molecular formula is C14H8BrClN2O4S. The third kappa shape index (κ3) is 2.62. The first kappa shape index (κ1) is 16.0. The minimum atomic E-state index is -4.02. The number of fused-ring (bicyclic) bond motifs is 1. The highest BCUT2D eigenvalue weighted by atomic mass is 79.9. The van der Waals surface area contributed by atoms with Gasteiger partial charge in [0.15, 0.2) is 0 Å². The number of carboxylic acids is 1. The summed E-state index contributed by atoms with van der Waals surface area (Å²) in [5.41, 5.74) is 0.182. The van der Waals surface area contributed by atoms with Crippen molar-refractivity contribution in [3.05, 3.63) is 57.9 Å². The predicted octanol–water partition coefficient (Wildman–Crippen LogP) is 3.39. The van der Waals surface area contributed by atoms with Gasteiger partial charge in [-0.15, -0.1) is 0 Å². The van der Waals surface area contributed by atoms with Crippen molar-refractivity contribution in [2.75, 3.05) is 0 Å². The van der Waals surface area contributed by atoms with Crippen molar-refractivity contribution in [1.29, 1.82) is 0 Å². The molecule has 0 aliphatic heterocycles. The van der Waals surface area contributed by atoms with E-state index in [2.05, 4.69) is 20.9 Å². The second-order valence-electron chi connectivity index (χ2n) is 4.61. The molecule has 0 saturated heterocycles. The van der Waals surface area contributed by atoms with E-state index < -0.39 is 16.0 Å². The highest BCUT2D eigenvalue weighted by Crippen LogP contribution is 2.28. The molecule has 1 N–H and O–H groups in total. The Morgan fingerprint density at radius 3 is 2.65 bits per heavy atom. The molecule has 23 heavy (non-hydrogen) atoms. The van der Waals surface area contributed by atoms with Crippen LogP contribution in [0, 0.1) is 0 Å². The highest BCUT2D eigenvalue weighted by molar-refractivity contribution is 9.10. The van der Waals surface area contributed by atoms with E-state index in [0.29, 0.717) is 9.86 Å². The lowest BCUT2D eigenvalue weighted by molar-refractivity contribution is 0.0699. The number of pyridine rings is 1. The maximum atomic E-state index is 12.8. The molecule has 0 aliphatic carbocycles. The van der Waals surface area contributed by atoms with Crippen molar-refractivity contribution in [2.24, 2.45) is 0 Å². The lowest BCUT2D eigenvalue weighted by atomic mass is 10.2. The van der Waals surface area contributed by atoms with Crippen molar-refractivity contribution >= 4 is 54.4 Å². The maximum absolute atomic E-state index is 12.8. The fourth-order valence-electron chi connectivity index (χ4n) is 2.18. The molecule has 0 amide bonds. The van der Waals surface area contributed by atoms with Gasteiger partial charge in [-0.1, -0.05) is 29.8 Å². The zero-order chi connectivity index (χ0) is 16.8. The molecule has 1 aromatic carbocycles. The van der Waals surface area contributed by atoms with Crippen LogP contribution in [0.25, 0.3) is 10.9 Å². The maximum Gasteiger partial charge on any atom is 0.337 e. The van der Waals surface area contributed by atoms with Crippen molar-refractivity contribution in [3.63, 3.8) is 0 Å². The van der Waals surface area contributed by atoms with Crippen LogP contribution in [0.2, 0.25) is 5.15 Å². The van der Waals surface area contributed by atoms with Crippen molar-refractivity contribution in [3.8, 4) is 0 Å². The lowest BCUT2D eigenvalue weighted by Crippen LogP contribution is -2.12. The van der Waals surface area contributed by atoms with Gasteiger partial charge in [-0.25, -0.2) is 22.2 Å². The Morgan fingerprint density at radius 1 is 1.30 bits per heavy atom. The van der Waals surface area contributed by atoms with Crippen LogP contribution < -0.4 is 0 Å². The Labute approximate surface area is 144 Å². The monoisotopic (exact) mass is 414 g/mol. The third-order valence-corrected chi connectivity index (χ3v) is 6.01. The standard InChI is InChI=1S/C14H8BrClN2O4S/c15-11-5-8(6-17-13(11)16)23(21,22)18-7-10(14(19)20)9-3-1-2-4-12(9)18/h1-7H,(H,19,20). The summed E-state index contributed by atoms with van der Waals surface area (Å²) < 4.78 is 26.9. The number of aromatic nitrogens is 2. The molecule has 2 heterocycles. The van der Waals surface area contributed by atoms with Gasteiger partial charge in [0, 0.05) is 17.8 Å². The molecule has 0 unspecified atom stereocenters. The molecular weight excluding hydrogens is 408 g/mol. The van der Waals surface area contributed by atoms with E-state index in [1.807, 2.05) is 0 Å². The number of carboxylic acid groups (broad SMARTS) is 1. The zero-order valence-corrected chi connectivity index (χ0v) is 14.4.